The van der Waals surface area contributed by atoms with Gasteiger partial charge in [-0.15, -0.1) is 12.4 Å². The molecule has 3 N–H and O–H groups in total. The van der Waals surface area contributed by atoms with Crippen molar-refractivity contribution >= 4 is 28.3 Å². The van der Waals surface area contributed by atoms with Crippen molar-refractivity contribution in [3.63, 3.8) is 0 Å². The largest absolute Gasteiger partial charge is 0.354 e. The maximum atomic E-state index is 12.9. The third-order valence-electron chi connectivity index (χ3n) is 5.44. The molecule has 0 spiro atoms. The first-order valence-electron chi connectivity index (χ1n) is 9.35. The monoisotopic (exact) mass is 417 g/mol. The van der Waals surface area contributed by atoms with Crippen LogP contribution in [0.5, 0.6) is 0 Å². The molecule has 1 aromatic rings. The summed E-state index contributed by atoms with van der Waals surface area (Å²) in [7, 11) is -3.57. The SMILES string of the molecule is CCC(N)(CC)CNC(=O)C1CCCN(S(=O)(=O)c2ccc(C)cc2)C1.Cl. The van der Waals surface area contributed by atoms with Gasteiger partial charge in [0.15, 0.2) is 0 Å². The lowest BCUT2D eigenvalue weighted by Gasteiger charge is -2.33. The zero-order chi connectivity index (χ0) is 19.4. The average molecular weight is 418 g/mol. The van der Waals surface area contributed by atoms with Gasteiger partial charge < -0.3 is 11.1 Å². The third kappa shape index (κ3) is 5.91. The number of sulfonamides is 1. The number of hydrogen-bond donors (Lipinski definition) is 2. The van der Waals surface area contributed by atoms with Crippen LogP contribution in [0.2, 0.25) is 0 Å². The van der Waals surface area contributed by atoms with Crippen LogP contribution in [0.15, 0.2) is 29.2 Å². The summed E-state index contributed by atoms with van der Waals surface area (Å²) >= 11 is 0. The molecule has 2 rings (SSSR count). The molecule has 0 aromatic heterocycles. The molecule has 1 fully saturated rings. The molecular formula is C19H32ClN3O3S. The Morgan fingerprint density at radius 3 is 2.41 bits per heavy atom. The highest BCUT2D eigenvalue weighted by Gasteiger charge is 2.33. The molecule has 154 valence electrons. The fourth-order valence-corrected chi connectivity index (χ4v) is 4.67. The van der Waals surface area contributed by atoms with E-state index in [1.54, 1.807) is 24.3 Å². The topological polar surface area (TPSA) is 92.5 Å². The van der Waals surface area contributed by atoms with Crippen LogP contribution in [-0.2, 0) is 14.8 Å². The highest BCUT2D eigenvalue weighted by molar-refractivity contribution is 7.89. The zero-order valence-electron chi connectivity index (χ0n) is 16.4. The van der Waals surface area contributed by atoms with Crippen molar-refractivity contribution in [1.29, 1.82) is 0 Å². The molecule has 1 atom stereocenters. The molecule has 8 heteroatoms. The number of benzene rings is 1. The van der Waals surface area contributed by atoms with Crippen LogP contribution in [0.1, 0.15) is 45.1 Å². The van der Waals surface area contributed by atoms with E-state index in [4.69, 9.17) is 5.73 Å². The molecule has 1 saturated heterocycles. The van der Waals surface area contributed by atoms with Gasteiger partial charge in [-0.3, -0.25) is 4.79 Å². The molecule has 0 bridgehead atoms. The molecular weight excluding hydrogens is 386 g/mol. The molecule has 0 aliphatic carbocycles. The average Bonchev–Trinajstić information content (AvgIpc) is 2.66. The van der Waals surface area contributed by atoms with E-state index < -0.39 is 15.6 Å². The zero-order valence-corrected chi connectivity index (χ0v) is 18.0. The number of carbonyl (C=O) groups is 1. The summed E-state index contributed by atoms with van der Waals surface area (Å²) in [6.07, 6.45) is 2.94. The number of carbonyl (C=O) groups excluding carboxylic acids is 1. The van der Waals surface area contributed by atoms with Crippen molar-refractivity contribution in [2.75, 3.05) is 19.6 Å². The van der Waals surface area contributed by atoms with Crippen molar-refractivity contribution < 1.29 is 13.2 Å². The maximum Gasteiger partial charge on any atom is 0.243 e. The summed E-state index contributed by atoms with van der Waals surface area (Å²) in [5.41, 5.74) is 6.84. The number of hydrogen-bond acceptors (Lipinski definition) is 4. The number of aryl methyl sites for hydroxylation is 1. The van der Waals surface area contributed by atoms with Crippen molar-refractivity contribution in [1.82, 2.24) is 9.62 Å². The number of piperidine rings is 1. The molecule has 1 amide bonds. The van der Waals surface area contributed by atoms with Crippen molar-refractivity contribution in [3.05, 3.63) is 29.8 Å². The van der Waals surface area contributed by atoms with Crippen molar-refractivity contribution in [3.8, 4) is 0 Å². The quantitative estimate of drug-likeness (QED) is 0.712. The van der Waals surface area contributed by atoms with Crippen LogP contribution < -0.4 is 11.1 Å². The van der Waals surface area contributed by atoms with Gasteiger partial charge in [-0.05, 0) is 44.7 Å². The van der Waals surface area contributed by atoms with Crippen LogP contribution in [0, 0.1) is 12.8 Å². The molecule has 1 aromatic carbocycles. The van der Waals surface area contributed by atoms with Crippen LogP contribution in [0.4, 0.5) is 0 Å². The fraction of sp³-hybridized carbons (Fsp3) is 0.632. The lowest BCUT2D eigenvalue weighted by Crippen LogP contribution is -2.52. The molecule has 6 nitrogen and oxygen atoms in total. The Labute approximate surface area is 169 Å². The van der Waals surface area contributed by atoms with Crippen LogP contribution in [0.3, 0.4) is 0 Å². The summed E-state index contributed by atoms with van der Waals surface area (Å²) in [6.45, 7) is 7.02. The minimum absolute atomic E-state index is 0. The van der Waals surface area contributed by atoms with E-state index in [2.05, 4.69) is 5.32 Å². The molecule has 1 unspecified atom stereocenters. The lowest BCUT2D eigenvalue weighted by molar-refractivity contribution is -0.126. The van der Waals surface area contributed by atoms with Crippen LogP contribution >= 0.6 is 12.4 Å². The Balaban J connectivity index is 0.00000364. The van der Waals surface area contributed by atoms with Crippen LogP contribution in [-0.4, -0.2) is 43.8 Å². The van der Waals surface area contributed by atoms with Gasteiger partial charge >= 0.3 is 0 Å². The first-order chi connectivity index (χ1) is 12.2. The number of rotatable bonds is 7. The second kappa shape index (κ2) is 9.87. The second-order valence-corrected chi connectivity index (χ2v) is 9.24. The highest BCUT2D eigenvalue weighted by atomic mass is 35.5. The normalized spacial score (nSPS) is 18.6. The van der Waals surface area contributed by atoms with Gasteiger partial charge in [-0.2, -0.15) is 4.31 Å². The lowest BCUT2D eigenvalue weighted by atomic mass is 9.93. The van der Waals surface area contributed by atoms with Gasteiger partial charge in [0.05, 0.1) is 10.8 Å². The first kappa shape index (κ1) is 23.9. The molecule has 1 aliphatic rings. The van der Waals surface area contributed by atoms with E-state index in [0.717, 1.165) is 18.4 Å². The summed E-state index contributed by atoms with van der Waals surface area (Å²) < 4.78 is 27.1. The Hall–Kier alpha value is -1.15. The minimum atomic E-state index is -3.57. The number of nitrogens with one attached hydrogen (secondary N) is 1. The van der Waals surface area contributed by atoms with Gasteiger partial charge in [0.25, 0.3) is 0 Å². The Bertz CT molecular complexity index is 718. The van der Waals surface area contributed by atoms with Crippen LogP contribution in [0.25, 0.3) is 0 Å². The Morgan fingerprint density at radius 2 is 1.85 bits per heavy atom. The second-order valence-electron chi connectivity index (χ2n) is 7.30. The smallest absolute Gasteiger partial charge is 0.243 e. The van der Waals surface area contributed by atoms with Gasteiger partial charge in [-0.1, -0.05) is 31.5 Å². The fourth-order valence-electron chi connectivity index (χ4n) is 3.14. The number of halogens is 1. The molecule has 0 radical (unpaired) electrons. The predicted octanol–water partition coefficient (Wildman–Crippen LogP) is 2.45. The summed E-state index contributed by atoms with van der Waals surface area (Å²) in [6, 6.07) is 6.83. The minimum Gasteiger partial charge on any atom is -0.354 e. The molecule has 27 heavy (non-hydrogen) atoms. The van der Waals surface area contributed by atoms with Crippen molar-refractivity contribution in [2.24, 2.45) is 11.7 Å². The third-order valence-corrected chi connectivity index (χ3v) is 7.32. The number of nitrogens with zero attached hydrogens (tertiary/aromatic N) is 1. The Kier molecular flexibility index (Phi) is 8.73. The molecule has 0 saturated carbocycles. The number of amides is 1. The van der Waals surface area contributed by atoms with Gasteiger partial charge in [0, 0.05) is 25.2 Å². The molecule has 1 aliphatic heterocycles. The van der Waals surface area contributed by atoms with Gasteiger partial charge in [-0.25, -0.2) is 8.42 Å². The maximum absolute atomic E-state index is 12.9. The van der Waals surface area contributed by atoms with E-state index in [1.807, 2.05) is 20.8 Å². The van der Waals surface area contributed by atoms with E-state index in [1.165, 1.54) is 4.31 Å². The summed E-state index contributed by atoms with van der Waals surface area (Å²) in [5.74, 6) is -0.438. The van der Waals surface area contributed by atoms with E-state index in [-0.39, 0.29) is 35.7 Å². The molecule has 1 heterocycles. The first-order valence-corrected chi connectivity index (χ1v) is 10.8. The standard InChI is InChI=1S/C19H31N3O3S.ClH/c1-4-19(20,5-2)14-21-18(23)16-7-6-12-22(13-16)26(24,25)17-10-8-15(3)9-11-17;/h8-11,16H,4-7,12-14,20H2,1-3H3,(H,21,23);1H. The highest BCUT2D eigenvalue weighted by Crippen LogP contribution is 2.24. The summed E-state index contributed by atoms with van der Waals surface area (Å²) in [4.78, 5) is 12.8. The van der Waals surface area contributed by atoms with Crippen molar-refractivity contribution in [2.45, 2.75) is 56.9 Å². The van der Waals surface area contributed by atoms with E-state index in [0.29, 0.717) is 25.9 Å². The Morgan fingerprint density at radius 1 is 1.26 bits per heavy atom. The number of nitrogens with two attached hydrogens (primary N) is 1. The van der Waals surface area contributed by atoms with E-state index >= 15 is 0 Å². The predicted molar refractivity (Wildman–Crippen MR) is 110 cm³/mol. The van der Waals surface area contributed by atoms with Gasteiger partial charge in [0.2, 0.25) is 15.9 Å². The van der Waals surface area contributed by atoms with E-state index in [9.17, 15) is 13.2 Å². The van der Waals surface area contributed by atoms with Gasteiger partial charge in [0.1, 0.15) is 0 Å². The summed E-state index contributed by atoms with van der Waals surface area (Å²) in [5, 5.41) is 2.93.